The van der Waals surface area contributed by atoms with Crippen LogP contribution in [-0.2, 0) is 4.79 Å². The van der Waals surface area contributed by atoms with Gasteiger partial charge >= 0.3 is 0 Å². The number of ether oxygens (including phenoxy) is 2. The van der Waals surface area contributed by atoms with Crippen molar-refractivity contribution in [3.63, 3.8) is 0 Å². The maximum Gasteiger partial charge on any atom is 0.255 e. The number of methoxy groups -OCH3 is 2. The lowest BCUT2D eigenvalue weighted by atomic mass is 9.94. The minimum atomic E-state index is -0.631. The van der Waals surface area contributed by atoms with E-state index in [1.165, 1.54) is 0 Å². The highest BCUT2D eigenvalue weighted by Crippen LogP contribution is 2.42. The summed E-state index contributed by atoms with van der Waals surface area (Å²) in [5.74, 6) is 1.15. The van der Waals surface area contributed by atoms with Gasteiger partial charge in [-0.3, -0.25) is 4.79 Å². The van der Waals surface area contributed by atoms with E-state index in [2.05, 4.69) is 26.2 Å². The Morgan fingerprint density at radius 3 is 2.63 bits per heavy atom. The summed E-state index contributed by atoms with van der Waals surface area (Å²) in [7, 11) is 3.11. The van der Waals surface area contributed by atoms with Gasteiger partial charge in [0.2, 0.25) is 5.95 Å². The number of fused-ring (bicyclic) bond motifs is 1. The standard InChI is InChI=1S/C20H19ClN6O3/c1-11-16(19(28)23-13-9-7-12(21)8-10-13)17(27-20(22-11)24-25-26-27)14-5-4-6-15(29-2)18(14)30-3/h4-10,17H,1-3H3,(H,23,28)(H,22,24,26)/t17-/m0/s1. The number of halogens is 1. The normalized spacial score (nSPS) is 15.3. The highest BCUT2D eigenvalue weighted by Gasteiger charge is 2.36. The summed E-state index contributed by atoms with van der Waals surface area (Å²) in [5, 5.41) is 18.4. The molecule has 0 radical (unpaired) electrons. The Morgan fingerprint density at radius 2 is 1.93 bits per heavy atom. The zero-order valence-corrected chi connectivity index (χ0v) is 17.3. The van der Waals surface area contributed by atoms with Crippen LogP contribution >= 0.6 is 11.6 Å². The number of carbonyl (C=O) groups is 1. The summed E-state index contributed by atoms with van der Waals surface area (Å²) in [6, 6.07) is 11.7. The number of nitrogens with one attached hydrogen (secondary N) is 2. The largest absolute Gasteiger partial charge is 0.493 e. The molecule has 10 heteroatoms. The Bertz CT molecular complexity index is 1130. The Balaban J connectivity index is 1.82. The third-order valence-corrected chi connectivity index (χ3v) is 5.04. The van der Waals surface area contributed by atoms with Gasteiger partial charge in [0.15, 0.2) is 11.5 Å². The topological polar surface area (TPSA) is 103 Å². The highest BCUT2D eigenvalue weighted by atomic mass is 35.5. The molecule has 2 N–H and O–H groups in total. The molecule has 1 amide bonds. The quantitative estimate of drug-likeness (QED) is 0.645. The van der Waals surface area contributed by atoms with Crippen molar-refractivity contribution in [3.05, 3.63) is 64.3 Å². The molecule has 30 heavy (non-hydrogen) atoms. The maximum atomic E-state index is 13.3. The van der Waals surface area contributed by atoms with Gasteiger partial charge in [-0.05, 0) is 47.7 Å². The van der Waals surface area contributed by atoms with Crippen LogP contribution in [0.1, 0.15) is 18.5 Å². The molecule has 2 aromatic carbocycles. The van der Waals surface area contributed by atoms with E-state index < -0.39 is 6.04 Å². The molecule has 0 saturated heterocycles. The minimum Gasteiger partial charge on any atom is -0.493 e. The van der Waals surface area contributed by atoms with E-state index in [1.807, 2.05) is 12.1 Å². The van der Waals surface area contributed by atoms with Crippen molar-refractivity contribution in [3.8, 4) is 11.5 Å². The number of nitrogens with zero attached hydrogens (tertiary/aromatic N) is 4. The van der Waals surface area contributed by atoms with Gasteiger partial charge in [0, 0.05) is 22.0 Å². The number of benzene rings is 2. The molecule has 1 aliphatic heterocycles. The lowest BCUT2D eigenvalue weighted by molar-refractivity contribution is -0.113. The van der Waals surface area contributed by atoms with Crippen molar-refractivity contribution in [1.82, 2.24) is 20.2 Å². The molecule has 4 rings (SSSR count). The van der Waals surface area contributed by atoms with Gasteiger partial charge in [0.25, 0.3) is 5.91 Å². The van der Waals surface area contributed by atoms with E-state index in [0.717, 1.165) is 0 Å². The minimum absolute atomic E-state index is 0.307. The lowest BCUT2D eigenvalue weighted by Crippen LogP contribution is -2.31. The summed E-state index contributed by atoms with van der Waals surface area (Å²) < 4.78 is 12.6. The molecular formula is C20H19ClN6O3. The van der Waals surface area contributed by atoms with Crippen molar-refractivity contribution in [2.75, 3.05) is 24.9 Å². The third-order valence-electron chi connectivity index (χ3n) is 4.79. The van der Waals surface area contributed by atoms with Crippen LogP contribution in [0.4, 0.5) is 11.6 Å². The number of aromatic nitrogens is 4. The first-order valence-corrected chi connectivity index (χ1v) is 9.44. The van der Waals surface area contributed by atoms with Gasteiger partial charge in [-0.25, -0.2) is 0 Å². The average Bonchev–Trinajstić information content (AvgIpc) is 3.21. The molecule has 0 saturated carbocycles. The third kappa shape index (κ3) is 3.43. The number of tetrazole rings is 1. The van der Waals surface area contributed by atoms with E-state index in [-0.39, 0.29) is 5.91 Å². The van der Waals surface area contributed by atoms with Gasteiger partial charge in [-0.2, -0.15) is 4.68 Å². The van der Waals surface area contributed by atoms with Crippen LogP contribution in [0.15, 0.2) is 53.7 Å². The van der Waals surface area contributed by atoms with Crippen molar-refractivity contribution in [1.29, 1.82) is 0 Å². The predicted octanol–water partition coefficient (Wildman–Crippen LogP) is 3.27. The van der Waals surface area contributed by atoms with Gasteiger partial charge in [-0.1, -0.05) is 28.8 Å². The van der Waals surface area contributed by atoms with Crippen LogP contribution in [-0.4, -0.2) is 40.3 Å². The lowest BCUT2D eigenvalue weighted by Gasteiger charge is -2.29. The Hall–Kier alpha value is -3.59. The zero-order chi connectivity index (χ0) is 21.3. The van der Waals surface area contributed by atoms with Crippen molar-refractivity contribution in [2.24, 2.45) is 0 Å². The fourth-order valence-electron chi connectivity index (χ4n) is 3.45. The molecule has 9 nitrogen and oxygen atoms in total. The molecule has 1 aliphatic rings. The number of hydrogen-bond donors (Lipinski definition) is 2. The number of allylic oxidation sites excluding steroid dienone is 1. The molecular weight excluding hydrogens is 408 g/mol. The number of para-hydroxylation sites is 1. The van der Waals surface area contributed by atoms with E-state index in [1.54, 1.807) is 56.2 Å². The van der Waals surface area contributed by atoms with E-state index in [4.69, 9.17) is 21.1 Å². The van der Waals surface area contributed by atoms with Gasteiger partial charge in [0.1, 0.15) is 6.04 Å². The summed E-state index contributed by atoms with van der Waals surface area (Å²) in [6.07, 6.45) is 0. The van der Waals surface area contributed by atoms with Gasteiger partial charge in [-0.15, -0.1) is 0 Å². The highest BCUT2D eigenvalue weighted by molar-refractivity contribution is 6.30. The molecule has 0 fully saturated rings. The summed E-state index contributed by atoms with van der Waals surface area (Å²) >= 11 is 5.95. The molecule has 154 valence electrons. The Labute approximate surface area is 177 Å². The van der Waals surface area contributed by atoms with Gasteiger partial charge < -0.3 is 20.1 Å². The molecule has 1 atom stereocenters. The number of hydrogen-bond acceptors (Lipinski definition) is 7. The van der Waals surface area contributed by atoms with E-state index >= 15 is 0 Å². The van der Waals surface area contributed by atoms with Crippen LogP contribution in [0, 0.1) is 0 Å². The second kappa shape index (κ2) is 8.03. The molecule has 3 aromatic rings. The predicted molar refractivity (Wildman–Crippen MR) is 112 cm³/mol. The fourth-order valence-corrected chi connectivity index (χ4v) is 3.58. The maximum absolute atomic E-state index is 13.3. The molecule has 2 heterocycles. The Morgan fingerprint density at radius 1 is 1.17 bits per heavy atom. The SMILES string of the molecule is COc1cccc([C@H]2C(C(=O)Nc3ccc(Cl)cc3)=C(C)Nc3nnnn32)c1OC. The number of rotatable bonds is 5. The second-order valence-corrected chi connectivity index (χ2v) is 6.99. The van der Waals surface area contributed by atoms with Crippen LogP contribution in [0.2, 0.25) is 5.02 Å². The van der Waals surface area contributed by atoms with Crippen LogP contribution < -0.4 is 20.1 Å². The molecule has 0 unspecified atom stereocenters. The van der Waals surface area contributed by atoms with Crippen LogP contribution in [0.3, 0.4) is 0 Å². The van der Waals surface area contributed by atoms with Crippen LogP contribution in [0.5, 0.6) is 11.5 Å². The number of amides is 1. The van der Waals surface area contributed by atoms with Crippen LogP contribution in [0.25, 0.3) is 0 Å². The number of anilines is 2. The monoisotopic (exact) mass is 426 g/mol. The molecule has 1 aromatic heterocycles. The molecule has 0 spiro atoms. The second-order valence-electron chi connectivity index (χ2n) is 6.56. The average molecular weight is 427 g/mol. The first-order valence-electron chi connectivity index (χ1n) is 9.07. The van der Waals surface area contributed by atoms with Crippen molar-refractivity contribution < 1.29 is 14.3 Å². The summed E-state index contributed by atoms with van der Waals surface area (Å²) in [5.41, 5.74) is 2.37. The molecule has 0 aliphatic carbocycles. The molecule has 0 bridgehead atoms. The first-order chi connectivity index (χ1) is 14.5. The van der Waals surface area contributed by atoms with Crippen molar-refractivity contribution in [2.45, 2.75) is 13.0 Å². The van der Waals surface area contributed by atoms with E-state index in [9.17, 15) is 4.79 Å². The van der Waals surface area contributed by atoms with Crippen molar-refractivity contribution >= 4 is 29.1 Å². The summed E-state index contributed by atoms with van der Waals surface area (Å²) in [6.45, 7) is 1.80. The van der Waals surface area contributed by atoms with E-state index in [0.29, 0.717) is 45.0 Å². The fraction of sp³-hybridized carbons (Fsp3) is 0.200. The van der Waals surface area contributed by atoms with Gasteiger partial charge in [0.05, 0.1) is 19.8 Å². The zero-order valence-electron chi connectivity index (χ0n) is 16.5. The summed E-state index contributed by atoms with van der Waals surface area (Å²) in [4.78, 5) is 13.3. The number of carbonyl (C=O) groups excluding carboxylic acids is 1. The Kier molecular flexibility index (Phi) is 5.28. The smallest absolute Gasteiger partial charge is 0.255 e. The first kappa shape index (κ1) is 19.7.